The first-order chi connectivity index (χ1) is 7.13. The van der Waals surface area contributed by atoms with E-state index in [4.69, 9.17) is 16.2 Å². The van der Waals surface area contributed by atoms with E-state index in [9.17, 15) is 0 Å². The van der Waals surface area contributed by atoms with Crippen LogP contribution in [0.4, 0.5) is 0 Å². The molecule has 0 aliphatic rings. The second-order valence-corrected chi connectivity index (χ2v) is 3.92. The van der Waals surface area contributed by atoms with Crippen molar-refractivity contribution in [3.05, 3.63) is 29.8 Å². The van der Waals surface area contributed by atoms with Crippen molar-refractivity contribution in [2.75, 3.05) is 6.54 Å². The standard InChI is InChI=1S/C12H20N2O/c1-9(2)15-11-5-3-10(4-6-11)12(14)7-8-13/h3-6,9,12H,7-8,13-14H2,1-2H3. The maximum absolute atomic E-state index is 5.94. The van der Waals surface area contributed by atoms with E-state index in [1.165, 1.54) is 0 Å². The van der Waals surface area contributed by atoms with E-state index < -0.39 is 0 Å². The van der Waals surface area contributed by atoms with E-state index in [2.05, 4.69) is 0 Å². The molecule has 0 aliphatic heterocycles. The van der Waals surface area contributed by atoms with Crippen molar-refractivity contribution >= 4 is 0 Å². The molecule has 0 saturated carbocycles. The number of hydrogen-bond donors (Lipinski definition) is 2. The van der Waals surface area contributed by atoms with Gasteiger partial charge < -0.3 is 16.2 Å². The van der Waals surface area contributed by atoms with Crippen molar-refractivity contribution in [3.63, 3.8) is 0 Å². The quantitative estimate of drug-likeness (QED) is 0.776. The van der Waals surface area contributed by atoms with Gasteiger partial charge in [0.2, 0.25) is 0 Å². The first kappa shape index (κ1) is 12.0. The van der Waals surface area contributed by atoms with Crippen LogP contribution in [0.3, 0.4) is 0 Å². The Balaban J connectivity index is 2.63. The van der Waals surface area contributed by atoms with Crippen LogP contribution in [0.1, 0.15) is 31.9 Å². The molecule has 0 fully saturated rings. The third-order valence-electron chi connectivity index (χ3n) is 2.16. The molecule has 0 aromatic heterocycles. The zero-order valence-electron chi connectivity index (χ0n) is 9.44. The summed E-state index contributed by atoms with van der Waals surface area (Å²) < 4.78 is 5.54. The largest absolute Gasteiger partial charge is 0.491 e. The third-order valence-corrected chi connectivity index (χ3v) is 2.16. The lowest BCUT2D eigenvalue weighted by Crippen LogP contribution is -2.15. The lowest BCUT2D eigenvalue weighted by molar-refractivity contribution is 0.242. The van der Waals surface area contributed by atoms with E-state index in [0.29, 0.717) is 6.54 Å². The summed E-state index contributed by atoms with van der Waals surface area (Å²) in [5, 5.41) is 0. The maximum Gasteiger partial charge on any atom is 0.119 e. The zero-order chi connectivity index (χ0) is 11.3. The molecule has 0 saturated heterocycles. The van der Waals surface area contributed by atoms with E-state index in [1.54, 1.807) is 0 Å². The SMILES string of the molecule is CC(C)Oc1ccc(C(N)CCN)cc1. The van der Waals surface area contributed by atoms with Crippen LogP contribution in [0, 0.1) is 0 Å². The van der Waals surface area contributed by atoms with Crippen molar-refractivity contribution in [2.24, 2.45) is 11.5 Å². The Morgan fingerprint density at radius 3 is 2.27 bits per heavy atom. The summed E-state index contributed by atoms with van der Waals surface area (Å²) >= 11 is 0. The third kappa shape index (κ3) is 3.90. The molecule has 1 unspecified atom stereocenters. The van der Waals surface area contributed by atoms with Gasteiger partial charge in [-0.15, -0.1) is 0 Å². The zero-order valence-corrected chi connectivity index (χ0v) is 9.44. The van der Waals surface area contributed by atoms with Crippen molar-refractivity contribution in [3.8, 4) is 5.75 Å². The normalized spacial score (nSPS) is 12.9. The Hall–Kier alpha value is -1.06. The fourth-order valence-corrected chi connectivity index (χ4v) is 1.41. The van der Waals surface area contributed by atoms with Crippen LogP contribution in [-0.2, 0) is 0 Å². The molecule has 1 aromatic rings. The Bertz CT molecular complexity index is 282. The van der Waals surface area contributed by atoms with Crippen LogP contribution in [0.2, 0.25) is 0 Å². The Morgan fingerprint density at radius 1 is 1.20 bits per heavy atom. The monoisotopic (exact) mass is 208 g/mol. The van der Waals surface area contributed by atoms with Gasteiger partial charge in [0, 0.05) is 6.04 Å². The highest BCUT2D eigenvalue weighted by molar-refractivity contribution is 5.29. The highest BCUT2D eigenvalue weighted by Crippen LogP contribution is 2.18. The van der Waals surface area contributed by atoms with Crippen molar-refractivity contribution in [2.45, 2.75) is 32.4 Å². The van der Waals surface area contributed by atoms with Crippen molar-refractivity contribution < 1.29 is 4.74 Å². The van der Waals surface area contributed by atoms with Gasteiger partial charge in [-0.1, -0.05) is 12.1 Å². The molecule has 1 atom stereocenters. The van der Waals surface area contributed by atoms with Crippen LogP contribution in [0.5, 0.6) is 5.75 Å². The van der Waals surface area contributed by atoms with Crippen LogP contribution < -0.4 is 16.2 Å². The van der Waals surface area contributed by atoms with Crippen LogP contribution in [0.15, 0.2) is 24.3 Å². The Labute approximate surface area is 91.4 Å². The highest BCUT2D eigenvalue weighted by atomic mass is 16.5. The molecule has 0 bridgehead atoms. The second kappa shape index (κ2) is 5.73. The molecule has 0 amide bonds. The minimum Gasteiger partial charge on any atom is -0.491 e. The summed E-state index contributed by atoms with van der Waals surface area (Å²) in [6.45, 7) is 4.63. The van der Waals surface area contributed by atoms with Gasteiger partial charge in [0.05, 0.1) is 6.10 Å². The molecule has 15 heavy (non-hydrogen) atoms. The van der Waals surface area contributed by atoms with Crippen LogP contribution >= 0.6 is 0 Å². The summed E-state index contributed by atoms with van der Waals surface area (Å²) in [4.78, 5) is 0. The Morgan fingerprint density at radius 2 is 1.80 bits per heavy atom. The lowest BCUT2D eigenvalue weighted by Gasteiger charge is -2.13. The van der Waals surface area contributed by atoms with Crippen molar-refractivity contribution in [1.29, 1.82) is 0 Å². The molecular formula is C12H20N2O. The second-order valence-electron chi connectivity index (χ2n) is 3.92. The minimum absolute atomic E-state index is 0.0306. The fourth-order valence-electron chi connectivity index (χ4n) is 1.41. The number of nitrogens with two attached hydrogens (primary N) is 2. The predicted molar refractivity (Wildman–Crippen MR) is 62.8 cm³/mol. The van der Waals surface area contributed by atoms with Gasteiger partial charge in [0.15, 0.2) is 0 Å². The number of rotatable bonds is 5. The molecule has 0 spiro atoms. The molecule has 84 valence electrons. The highest BCUT2D eigenvalue weighted by Gasteiger charge is 2.05. The topological polar surface area (TPSA) is 61.3 Å². The summed E-state index contributed by atoms with van der Waals surface area (Å²) in [5.41, 5.74) is 12.5. The van der Waals surface area contributed by atoms with E-state index in [1.807, 2.05) is 38.1 Å². The van der Waals surface area contributed by atoms with E-state index in [-0.39, 0.29) is 12.1 Å². The van der Waals surface area contributed by atoms with E-state index >= 15 is 0 Å². The fraction of sp³-hybridized carbons (Fsp3) is 0.500. The van der Waals surface area contributed by atoms with Gasteiger partial charge in [-0.3, -0.25) is 0 Å². The lowest BCUT2D eigenvalue weighted by atomic mass is 10.0. The first-order valence-electron chi connectivity index (χ1n) is 5.35. The minimum atomic E-state index is 0.0306. The molecule has 1 rings (SSSR count). The van der Waals surface area contributed by atoms with E-state index in [0.717, 1.165) is 17.7 Å². The summed E-state index contributed by atoms with van der Waals surface area (Å²) in [6.07, 6.45) is 1.01. The van der Waals surface area contributed by atoms with Gasteiger partial charge in [-0.25, -0.2) is 0 Å². The summed E-state index contributed by atoms with van der Waals surface area (Å²) in [5.74, 6) is 0.883. The maximum atomic E-state index is 5.94. The van der Waals surface area contributed by atoms with Gasteiger partial charge in [0.25, 0.3) is 0 Å². The molecule has 3 nitrogen and oxygen atoms in total. The van der Waals surface area contributed by atoms with Crippen LogP contribution in [0.25, 0.3) is 0 Å². The molecule has 0 heterocycles. The summed E-state index contributed by atoms with van der Waals surface area (Å²) in [6, 6.07) is 7.93. The molecular weight excluding hydrogens is 188 g/mol. The average molecular weight is 208 g/mol. The molecule has 0 aliphatic carbocycles. The van der Waals surface area contributed by atoms with Gasteiger partial charge in [-0.2, -0.15) is 0 Å². The number of hydrogen-bond acceptors (Lipinski definition) is 3. The van der Waals surface area contributed by atoms with Crippen molar-refractivity contribution in [1.82, 2.24) is 0 Å². The van der Waals surface area contributed by atoms with Gasteiger partial charge >= 0.3 is 0 Å². The Kier molecular flexibility index (Phi) is 4.59. The molecule has 3 heteroatoms. The number of benzene rings is 1. The molecule has 4 N–H and O–H groups in total. The molecule has 0 radical (unpaired) electrons. The predicted octanol–water partition coefficient (Wildman–Crippen LogP) is 1.82. The van der Waals surface area contributed by atoms with Gasteiger partial charge in [0.1, 0.15) is 5.75 Å². The summed E-state index contributed by atoms with van der Waals surface area (Å²) in [7, 11) is 0. The van der Waals surface area contributed by atoms with Gasteiger partial charge in [-0.05, 0) is 44.5 Å². The van der Waals surface area contributed by atoms with Crippen LogP contribution in [-0.4, -0.2) is 12.6 Å². The average Bonchev–Trinajstić information content (AvgIpc) is 2.18. The smallest absolute Gasteiger partial charge is 0.119 e. The number of ether oxygens (including phenoxy) is 1. The first-order valence-corrected chi connectivity index (χ1v) is 5.35. The molecule has 1 aromatic carbocycles.